The quantitative estimate of drug-likeness (QED) is 0.717. The minimum atomic E-state index is 0.384. The molecule has 2 nitrogen and oxygen atoms in total. The third-order valence-corrected chi connectivity index (χ3v) is 3.71. The molecule has 0 unspecified atom stereocenters. The predicted octanol–water partition coefficient (Wildman–Crippen LogP) is 3.58. The molecule has 1 saturated carbocycles. The van der Waals surface area contributed by atoms with Crippen molar-refractivity contribution >= 4 is 5.69 Å². The molecule has 1 aliphatic heterocycles. The van der Waals surface area contributed by atoms with Gasteiger partial charge in [-0.25, -0.2) is 0 Å². The second kappa shape index (κ2) is 4.36. The minimum Gasteiger partial charge on any atom is -0.486 e. The second-order valence-corrected chi connectivity index (χ2v) is 4.89. The topological polar surface area (TPSA) is 21.3 Å². The maximum absolute atomic E-state index is 6.11. The van der Waals surface area contributed by atoms with Crippen molar-refractivity contribution in [3.05, 3.63) is 24.3 Å². The molecule has 0 spiro atoms. The number of fused-ring (bicyclic) bond motifs is 2. The molecule has 2 heteroatoms. The number of benzene rings is 1. The third-order valence-electron chi connectivity index (χ3n) is 3.71. The number of rotatable bonds is 0. The van der Waals surface area contributed by atoms with Crippen molar-refractivity contribution in [1.82, 2.24) is 0 Å². The van der Waals surface area contributed by atoms with E-state index in [0.29, 0.717) is 12.1 Å². The van der Waals surface area contributed by atoms with Gasteiger partial charge in [-0.1, -0.05) is 31.4 Å². The first kappa shape index (κ1) is 10.0. The minimum absolute atomic E-state index is 0.384. The highest BCUT2D eigenvalue weighted by molar-refractivity contribution is 5.58. The Morgan fingerprint density at radius 2 is 1.81 bits per heavy atom. The number of nitrogens with one attached hydrogen (secondary N) is 1. The van der Waals surface area contributed by atoms with E-state index in [1.807, 2.05) is 6.07 Å². The Kier molecular flexibility index (Phi) is 2.73. The average molecular weight is 217 g/mol. The molecule has 16 heavy (non-hydrogen) atoms. The van der Waals surface area contributed by atoms with Crippen LogP contribution in [0, 0.1) is 0 Å². The molecule has 1 aliphatic carbocycles. The standard InChI is InChI=1S/C14H19NO/c1-2-4-9-13-11(7-3-1)15-12-8-5-6-10-14(12)16-13/h5-6,8,10-11,13,15H,1-4,7,9H2/t11-,13+/m1/s1. The summed E-state index contributed by atoms with van der Waals surface area (Å²) in [6.07, 6.45) is 8.23. The fourth-order valence-corrected chi connectivity index (χ4v) is 2.81. The van der Waals surface area contributed by atoms with E-state index < -0.39 is 0 Å². The Hall–Kier alpha value is -1.18. The van der Waals surface area contributed by atoms with Crippen molar-refractivity contribution in [3.8, 4) is 5.75 Å². The van der Waals surface area contributed by atoms with Gasteiger partial charge in [0.05, 0.1) is 11.7 Å². The van der Waals surface area contributed by atoms with Gasteiger partial charge in [-0.2, -0.15) is 0 Å². The molecule has 0 radical (unpaired) electrons. The van der Waals surface area contributed by atoms with Crippen LogP contribution in [0.3, 0.4) is 0 Å². The highest BCUT2D eigenvalue weighted by Gasteiger charge is 2.29. The molecule has 1 heterocycles. The highest BCUT2D eigenvalue weighted by Crippen LogP contribution is 2.34. The summed E-state index contributed by atoms with van der Waals surface area (Å²) < 4.78 is 6.11. The van der Waals surface area contributed by atoms with Gasteiger partial charge in [0.25, 0.3) is 0 Å². The first-order valence-electron chi connectivity index (χ1n) is 6.46. The van der Waals surface area contributed by atoms with E-state index in [4.69, 9.17) is 4.74 Å². The smallest absolute Gasteiger partial charge is 0.142 e. The van der Waals surface area contributed by atoms with E-state index in [1.165, 1.54) is 44.2 Å². The molecule has 1 N–H and O–H groups in total. The normalized spacial score (nSPS) is 28.8. The summed E-state index contributed by atoms with van der Waals surface area (Å²) in [5.74, 6) is 1.03. The molecule has 0 saturated heterocycles. The van der Waals surface area contributed by atoms with Crippen LogP contribution in [0.25, 0.3) is 0 Å². The molecule has 2 atom stereocenters. The molecule has 1 fully saturated rings. The predicted molar refractivity (Wildman–Crippen MR) is 66.0 cm³/mol. The summed E-state index contributed by atoms with van der Waals surface area (Å²) in [6.45, 7) is 0. The van der Waals surface area contributed by atoms with Crippen LogP contribution in [-0.2, 0) is 0 Å². The maximum Gasteiger partial charge on any atom is 0.142 e. The fourth-order valence-electron chi connectivity index (χ4n) is 2.81. The summed E-state index contributed by atoms with van der Waals surface area (Å²) in [4.78, 5) is 0. The van der Waals surface area contributed by atoms with Crippen molar-refractivity contribution in [3.63, 3.8) is 0 Å². The summed E-state index contributed by atoms with van der Waals surface area (Å²) >= 11 is 0. The summed E-state index contributed by atoms with van der Waals surface area (Å²) in [6, 6.07) is 8.82. The van der Waals surface area contributed by atoms with Gasteiger partial charge in [0.1, 0.15) is 11.9 Å². The van der Waals surface area contributed by atoms with Gasteiger partial charge in [-0.3, -0.25) is 0 Å². The van der Waals surface area contributed by atoms with Crippen molar-refractivity contribution < 1.29 is 4.74 Å². The van der Waals surface area contributed by atoms with Gasteiger partial charge in [-0.15, -0.1) is 0 Å². The zero-order valence-electron chi connectivity index (χ0n) is 9.61. The molecular formula is C14H19NO. The Morgan fingerprint density at radius 3 is 2.75 bits per heavy atom. The van der Waals surface area contributed by atoms with Gasteiger partial charge in [0.2, 0.25) is 0 Å². The van der Waals surface area contributed by atoms with Crippen LogP contribution in [0.1, 0.15) is 38.5 Å². The molecule has 86 valence electrons. The van der Waals surface area contributed by atoms with Gasteiger partial charge in [0, 0.05) is 0 Å². The lowest BCUT2D eigenvalue weighted by Crippen LogP contribution is -2.41. The molecule has 0 bridgehead atoms. The maximum atomic E-state index is 6.11. The number of hydrogen-bond acceptors (Lipinski definition) is 2. The number of para-hydroxylation sites is 2. The van der Waals surface area contributed by atoms with Crippen molar-refractivity contribution in [2.24, 2.45) is 0 Å². The van der Waals surface area contributed by atoms with E-state index in [1.54, 1.807) is 0 Å². The zero-order chi connectivity index (χ0) is 10.8. The van der Waals surface area contributed by atoms with Gasteiger partial charge < -0.3 is 10.1 Å². The molecule has 0 amide bonds. The summed E-state index contributed by atoms with van der Waals surface area (Å²) in [5.41, 5.74) is 1.17. The van der Waals surface area contributed by atoms with Crippen molar-refractivity contribution in [2.45, 2.75) is 50.7 Å². The van der Waals surface area contributed by atoms with Crippen molar-refractivity contribution in [2.75, 3.05) is 5.32 Å². The van der Waals surface area contributed by atoms with Crippen LogP contribution in [0.5, 0.6) is 5.75 Å². The fraction of sp³-hybridized carbons (Fsp3) is 0.571. The highest BCUT2D eigenvalue weighted by atomic mass is 16.5. The van der Waals surface area contributed by atoms with E-state index in [2.05, 4.69) is 23.5 Å². The third kappa shape index (κ3) is 1.89. The lowest BCUT2D eigenvalue weighted by atomic mass is 9.93. The molecule has 3 rings (SSSR count). The Labute approximate surface area is 97.0 Å². The van der Waals surface area contributed by atoms with Gasteiger partial charge in [0.15, 0.2) is 0 Å². The van der Waals surface area contributed by atoms with E-state index >= 15 is 0 Å². The lowest BCUT2D eigenvalue weighted by molar-refractivity contribution is 0.143. The molecule has 1 aromatic rings. The van der Waals surface area contributed by atoms with Crippen LogP contribution >= 0.6 is 0 Å². The average Bonchev–Trinajstić information content (AvgIpc) is 2.29. The number of hydrogen-bond donors (Lipinski definition) is 1. The van der Waals surface area contributed by atoms with Crippen molar-refractivity contribution in [1.29, 1.82) is 0 Å². The summed E-state index contributed by atoms with van der Waals surface area (Å²) in [7, 11) is 0. The molecule has 0 aromatic heterocycles. The number of ether oxygens (including phenoxy) is 1. The van der Waals surface area contributed by atoms with Crippen LogP contribution in [0.15, 0.2) is 24.3 Å². The lowest BCUT2D eigenvalue weighted by Gasteiger charge is -2.36. The van der Waals surface area contributed by atoms with Gasteiger partial charge >= 0.3 is 0 Å². The van der Waals surface area contributed by atoms with Crippen LogP contribution in [-0.4, -0.2) is 12.1 Å². The first-order valence-corrected chi connectivity index (χ1v) is 6.46. The van der Waals surface area contributed by atoms with E-state index in [9.17, 15) is 0 Å². The first-order chi connectivity index (χ1) is 7.93. The Morgan fingerprint density at radius 1 is 1.00 bits per heavy atom. The van der Waals surface area contributed by atoms with E-state index in [0.717, 1.165) is 5.75 Å². The largest absolute Gasteiger partial charge is 0.486 e. The van der Waals surface area contributed by atoms with Crippen LogP contribution in [0.4, 0.5) is 5.69 Å². The monoisotopic (exact) mass is 217 g/mol. The zero-order valence-corrected chi connectivity index (χ0v) is 9.61. The Balaban J connectivity index is 1.82. The number of anilines is 1. The summed E-state index contributed by atoms with van der Waals surface area (Å²) in [5, 5.41) is 3.64. The second-order valence-electron chi connectivity index (χ2n) is 4.89. The molecule has 1 aromatic carbocycles. The SMILES string of the molecule is c1ccc2c(c1)N[C@@H]1CCCCCC[C@@H]1O2. The van der Waals surface area contributed by atoms with Crippen LogP contribution < -0.4 is 10.1 Å². The molecular weight excluding hydrogens is 198 g/mol. The van der Waals surface area contributed by atoms with E-state index in [-0.39, 0.29) is 0 Å². The van der Waals surface area contributed by atoms with Crippen LogP contribution in [0.2, 0.25) is 0 Å². The molecule has 2 aliphatic rings. The van der Waals surface area contributed by atoms with Gasteiger partial charge in [-0.05, 0) is 31.4 Å². The Bertz CT molecular complexity index is 329.